The van der Waals surface area contributed by atoms with Crippen molar-refractivity contribution in [2.45, 2.75) is 20.3 Å². The van der Waals surface area contributed by atoms with E-state index in [0.717, 1.165) is 70.8 Å². The Bertz CT molecular complexity index is 459. The minimum atomic E-state index is 0.771. The van der Waals surface area contributed by atoms with Crippen LogP contribution in [0.15, 0.2) is 23.5 Å². The zero-order valence-corrected chi connectivity index (χ0v) is 14.2. The van der Waals surface area contributed by atoms with E-state index >= 15 is 0 Å². The molecule has 0 aliphatic carbocycles. The molecule has 7 nitrogen and oxygen atoms in total. The monoisotopic (exact) mass is 320 g/mol. The molecule has 23 heavy (non-hydrogen) atoms. The molecule has 1 aliphatic rings. The average molecular weight is 320 g/mol. The van der Waals surface area contributed by atoms with E-state index in [1.807, 2.05) is 13.0 Å². The lowest BCUT2D eigenvalue weighted by atomic mass is 10.3. The molecule has 0 bridgehead atoms. The summed E-state index contributed by atoms with van der Waals surface area (Å²) >= 11 is 0. The van der Waals surface area contributed by atoms with Crippen molar-refractivity contribution in [2.24, 2.45) is 4.99 Å². The Morgan fingerprint density at radius 1 is 1.22 bits per heavy atom. The van der Waals surface area contributed by atoms with Gasteiger partial charge in [-0.05, 0) is 26.3 Å². The van der Waals surface area contributed by atoms with Crippen molar-refractivity contribution in [1.29, 1.82) is 0 Å². The van der Waals surface area contributed by atoms with Gasteiger partial charge < -0.3 is 19.9 Å². The third kappa shape index (κ3) is 5.67. The number of nitrogens with zero attached hydrogens (tertiary/aromatic N) is 5. The van der Waals surface area contributed by atoms with Crippen LogP contribution >= 0.6 is 0 Å². The number of guanidine groups is 1. The highest BCUT2D eigenvalue weighted by Crippen LogP contribution is 2.09. The van der Waals surface area contributed by atoms with Crippen molar-refractivity contribution in [1.82, 2.24) is 20.2 Å². The van der Waals surface area contributed by atoms with Gasteiger partial charge in [0.15, 0.2) is 5.96 Å². The second kappa shape index (κ2) is 9.99. The van der Waals surface area contributed by atoms with E-state index in [1.165, 1.54) is 0 Å². The first kappa shape index (κ1) is 17.5. The predicted octanol–water partition coefficient (Wildman–Crippen LogP) is 0.991. The standard InChI is InChI=1S/C16H28N6O/c1-3-17-15(20-9-6-14-23-4-2)21-10-12-22(13-11-21)16-18-7-5-8-19-16/h5,7-8H,3-4,6,9-14H2,1-2H3,(H,17,20). The Kier molecular flexibility index (Phi) is 7.59. The van der Waals surface area contributed by atoms with Crippen LogP contribution in [0.25, 0.3) is 0 Å². The molecular formula is C16H28N6O. The average Bonchev–Trinajstić information content (AvgIpc) is 2.61. The number of nitrogens with one attached hydrogen (secondary N) is 1. The minimum Gasteiger partial charge on any atom is -0.382 e. The van der Waals surface area contributed by atoms with Crippen LogP contribution in [-0.4, -0.2) is 73.3 Å². The Morgan fingerprint density at radius 2 is 1.96 bits per heavy atom. The summed E-state index contributed by atoms with van der Waals surface area (Å²) in [6.45, 7) is 11.0. The number of rotatable bonds is 7. The number of piperazine rings is 1. The Balaban J connectivity index is 1.83. The quantitative estimate of drug-likeness (QED) is 0.459. The first-order chi connectivity index (χ1) is 11.3. The van der Waals surface area contributed by atoms with Crippen molar-refractivity contribution in [3.8, 4) is 0 Å². The summed E-state index contributed by atoms with van der Waals surface area (Å²) < 4.78 is 5.36. The summed E-state index contributed by atoms with van der Waals surface area (Å²) in [6.07, 6.45) is 4.54. The lowest BCUT2D eigenvalue weighted by Crippen LogP contribution is -2.53. The number of aliphatic imine (C=N–C) groups is 1. The highest BCUT2D eigenvalue weighted by Gasteiger charge is 2.20. The molecule has 2 heterocycles. The summed E-state index contributed by atoms with van der Waals surface area (Å²) in [5.74, 6) is 1.81. The van der Waals surface area contributed by atoms with Crippen LogP contribution in [0.4, 0.5) is 5.95 Å². The van der Waals surface area contributed by atoms with Gasteiger partial charge in [-0.25, -0.2) is 9.97 Å². The lowest BCUT2D eigenvalue weighted by molar-refractivity contribution is 0.146. The summed E-state index contributed by atoms with van der Waals surface area (Å²) in [6, 6.07) is 1.85. The first-order valence-electron chi connectivity index (χ1n) is 8.48. The van der Waals surface area contributed by atoms with Gasteiger partial charge in [0, 0.05) is 64.9 Å². The highest BCUT2D eigenvalue weighted by atomic mass is 16.5. The van der Waals surface area contributed by atoms with Gasteiger partial charge in [-0.2, -0.15) is 0 Å². The fourth-order valence-corrected chi connectivity index (χ4v) is 2.49. The zero-order valence-electron chi connectivity index (χ0n) is 14.2. The Hall–Kier alpha value is -1.89. The largest absolute Gasteiger partial charge is 0.382 e. The maximum atomic E-state index is 5.36. The van der Waals surface area contributed by atoms with E-state index in [9.17, 15) is 0 Å². The molecule has 1 aliphatic heterocycles. The third-order valence-corrected chi connectivity index (χ3v) is 3.66. The fourth-order valence-electron chi connectivity index (χ4n) is 2.49. The van der Waals surface area contributed by atoms with E-state index in [2.05, 4.69) is 32.0 Å². The minimum absolute atomic E-state index is 0.771. The van der Waals surface area contributed by atoms with Gasteiger partial charge in [-0.1, -0.05) is 0 Å². The summed E-state index contributed by atoms with van der Waals surface area (Å²) in [5.41, 5.74) is 0. The molecular weight excluding hydrogens is 292 g/mol. The first-order valence-corrected chi connectivity index (χ1v) is 8.48. The topological polar surface area (TPSA) is 65.9 Å². The summed E-state index contributed by atoms with van der Waals surface area (Å²) in [7, 11) is 0. The van der Waals surface area contributed by atoms with Gasteiger partial charge in [0.05, 0.1) is 0 Å². The van der Waals surface area contributed by atoms with Crippen LogP contribution in [0.3, 0.4) is 0 Å². The lowest BCUT2D eigenvalue weighted by Gasteiger charge is -2.36. The molecule has 7 heteroatoms. The molecule has 128 valence electrons. The Morgan fingerprint density at radius 3 is 2.61 bits per heavy atom. The molecule has 0 spiro atoms. The molecule has 1 aromatic rings. The van der Waals surface area contributed by atoms with Gasteiger partial charge in [0.1, 0.15) is 0 Å². The second-order valence-electron chi connectivity index (χ2n) is 5.31. The van der Waals surface area contributed by atoms with E-state index in [-0.39, 0.29) is 0 Å². The van der Waals surface area contributed by atoms with E-state index in [1.54, 1.807) is 12.4 Å². The fraction of sp³-hybridized carbons (Fsp3) is 0.688. The van der Waals surface area contributed by atoms with Crippen LogP contribution in [0.2, 0.25) is 0 Å². The molecule has 0 atom stereocenters. The molecule has 0 amide bonds. The summed E-state index contributed by atoms with van der Waals surface area (Å²) in [4.78, 5) is 17.9. The molecule has 0 aromatic carbocycles. The smallest absolute Gasteiger partial charge is 0.225 e. The van der Waals surface area contributed by atoms with E-state index in [0.29, 0.717) is 0 Å². The molecule has 1 saturated heterocycles. The number of aromatic nitrogens is 2. The van der Waals surface area contributed by atoms with Crippen LogP contribution in [0.5, 0.6) is 0 Å². The van der Waals surface area contributed by atoms with Crippen molar-refractivity contribution in [3.63, 3.8) is 0 Å². The van der Waals surface area contributed by atoms with Gasteiger partial charge in [0.2, 0.25) is 5.95 Å². The maximum absolute atomic E-state index is 5.36. The highest BCUT2D eigenvalue weighted by molar-refractivity contribution is 5.80. The Labute approximate surface area is 138 Å². The number of ether oxygens (including phenoxy) is 1. The molecule has 2 rings (SSSR count). The maximum Gasteiger partial charge on any atom is 0.225 e. The second-order valence-corrected chi connectivity index (χ2v) is 5.31. The number of anilines is 1. The third-order valence-electron chi connectivity index (χ3n) is 3.66. The van der Waals surface area contributed by atoms with Crippen molar-refractivity contribution >= 4 is 11.9 Å². The van der Waals surface area contributed by atoms with Crippen molar-refractivity contribution < 1.29 is 4.74 Å². The van der Waals surface area contributed by atoms with Crippen LogP contribution < -0.4 is 10.2 Å². The van der Waals surface area contributed by atoms with Gasteiger partial charge in [0.25, 0.3) is 0 Å². The SMILES string of the molecule is CCNC(=NCCCOCC)N1CCN(c2ncccn2)CC1. The van der Waals surface area contributed by atoms with Crippen molar-refractivity contribution in [2.75, 3.05) is 57.4 Å². The van der Waals surface area contributed by atoms with E-state index < -0.39 is 0 Å². The van der Waals surface area contributed by atoms with Crippen LogP contribution in [0, 0.1) is 0 Å². The molecule has 0 saturated carbocycles. The van der Waals surface area contributed by atoms with Crippen LogP contribution in [0.1, 0.15) is 20.3 Å². The van der Waals surface area contributed by atoms with Gasteiger partial charge in [-0.3, -0.25) is 4.99 Å². The molecule has 1 fully saturated rings. The molecule has 0 radical (unpaired) electrons. The van der Waals surface area contributed by atoms with Crippen molar-refractivity contribution in [3.05, 3.63) is 18.5 Å². The summed E-state index contributed by atoms with van der Waals surface area (Å²) in [5, 5.41) is 3.38. The molecule has 0 unspecified atom stereocenters. The van der Waals surface area contributed by atoms with Crippen LogP contribution in [-0.2, 0) is 4.74 Å². The van der Waals surface area contributed by atoms with E-state index in [4.69, 9.17) is 9.73 Å². The zero-order chi connectivity index (χ0) is 16.3. The van der Waals surface area contributed by atoms with Gasteiger partial charge in [-0.15, -0.1) is 0 Å². The number of hydrogen-bond acceptors (Lipinski definition) is 5. The molecule has 1 aromatic heterocycles. The van der Waals surface area contributed by atoms with Gasteiger partial charge >= 0.3 is 0 Å². The number of hydrogen-bond donors (Lipinski definition) is 1. The predicted molar refractivity (Wildman–Crippen MR) is 92.9 cm³/mol. The normalized spacial score (nSPS) is 15.8. The molecule has 1 N–H and O–H groups in total.